The van der Waals surface area contributed by atoms with E-state index in [1.54, 1.807) is 21.3 Å². The van der Waals surface area contributed by atoms with E-state index in [2.05, 4.69) is 29.2 Å². The van der Waals surface area contributed by atoms with E-state index in [1.165, 1.54) is 5.56 Å². The maximum absolute atomic E-state index is 12.7. The summed E-state index contributed by atoms with van der Waals surface area (Å²) in [6.45, 7) is 4.31. The van der Waals surface area contributed by atoms with E-state index in [9.17, 15) is 4.79 Å². The lowest BCUT2D eigenvalue weighted by atomic mass is 10.1. The minimum Gasteiger partial charge on any atom is -0.493 e. The minimum atomic E-state index is 0.193. The van der Waals surface area contributed by atoms with Gasteiger partial charge in [-0.1, -0.05) is 30.3 Å². The third-order valence-corrected chi connectivity index (χ3v) is 5.33. The van der Waals surface area contributed by atoms with Gasteiger partial charge in [0.1, 0.15) is 0 Å². The van der Waals surface area contributed by atoms with Gasteiger partial charge in [-0.2, -0.15) is 0 Å². The Balaban J connectivity index is 1.51. The number of piperazine rings is 1. The summed E-state index contributed by atoms with van der Waals surface area (Å²) in [7, 11) is 4.78. The van der Waals surface area contributed by atoms with Gasteiger partial charge in [-0.05, 0) is 29.7 Å². The van der Waals surface area contributed by atoms with E-state index in [0.29, 0.717) is 30.1 Å². The normalized spacial score (nSPS) is 14.5. The second-order valence-corrected chi connectivity index (χ2v) is 7.18. The van der Waals surface area contributed by atoms with Crippen molar-refractivity contribution >= 4 is 5.91 Å². The van der Waals surface area contributed by atoms with Gasteiger partial charge >= 0.3 is 0 Å². The summed E-state index contributed by atoms with van der Waals surface area (Å²) in [6.07, 6.45) is 1.11. The number of amides is 1. The molecule has 0 saturated carbocycles. The maximum Gasteiger partial charge on any atom is 0.222 e. The summed E-state index contributed by atoms with van der Waals surface area (Å²) in [5.41, 5.74) is 2.31. The number of benzene rings is 2. The first kappa shape index (κ1) is 21.0. The number of rotatable bonds is 8. The van der Waals surface area contributed by atoms with Crippen molar-refractivity contribution in [2.75, 3.05) is 47.5 Å². The first-order valence-corrected chi connectivity index (χ1v) is 9.97. The van der Waals surface area contributed by atoms with Crippen LogP contribution < -0.4 is 14.2 Å². The van der Waals surface area contributed by atoms with E-state index < -0.39 is 0 Å². The molecule has 0 bridgehead atoms. The van der Waals surface area contributed by atoms with E-state index in [1.807, 2.05) is 23.1 Å². The van der Waals surface area contributed by atoms with Crippen LogP contribution >= 0.6 is 0 Å². The molecule has 1 aliphatic rings. The molecule has 1 aliphatic heterocycles. The largest absolute Gasteiger partial charge is 0.493 e. The molecule has 2 aromatic rings. The van der Waals surface area contributed by atoms with Crippen LogP contribution in [0.15, 0.2) is 42.5 Å². The molecule has 0 aromatic heterocycles. The number of methoxy groups -OCH3 is 3. The molecule has 0 radical (unpaired) electrons. The zero-order valence-corrected chi connectivity index (χ0v) is 17.5. The molecule has 1 heterocycles. The molecule has 2 aromatic carbocycles. The Morgan fingerprint density at radius 2 is 1.48 bits per heavy atom. The van der Waals surface area contributed by atoms with Gasteiger partial charge in [-0.15, -0.1) is 0 Å². The van der Waals surface area contributed by atoms with Gasteiger partial charge in [0.25, 0.3) is 0 Å². The summed E-state index contributed by atoms with van der Waals surface area (Å²) >= 11 is 0. The Morgan fingerprint density at radius 1 is 0.862 bits per heavy atom. The van der Waals surface area contributed by atoms with Crippen molar-refractivity contribution in [3.05, 3.63) is 53.6 Å². The molecule has 1 saturated heterocycles. The van der Waals surface area contributed by atoms with Gasteiger partial charge in [0.05, 0.1) is 21.3 Å². The van der Waals surface area contributed by atoms with Crippen LogP contribution in [-0.4, -0.2) is 63.2 Å². The Morgan fingerprint density at radius 3 is 2.03 bits per heavy atom. The molecule has 0 atom stereocenters. The SMILES string of the molecule is COc1cc(CCC(=O)N2CCN(Cc3ccccc3)CC2)cc(OC)c1OC. The lowest BCUT2D eigenvalue weighted by molar-refractivity contribution is -0.133. The molecular formula is C23H30N2O4. The lowest BCUT2D eigenvalue weighted by Gasteiger charge is -2.34. The molecule has 0 aliphatic carbocycles. The number of carbonyl (C=O) groups is 1. The van der Waals surface area contributed by atoms with Crippen LogP contribution in [0.2, 0.25) is 0 Å². The van der Waals surface area contributed by atoms with Crippen molar-refractivity contribution in [2.45, 2.75) is 19.4 Å². The summed E-state index contributed by atoms with van der Waals surface area (Å²) in [5.74, 6) is 1.99. The molecule has 29 heavy (non-hydrogen) atoms. The van der Waals surface area contributed by atoms with Crippen molar-refractivity contribution in [1.82, 2.24) is 9.80 Å². The smallest absolute Gasteiger partial charge is 0.222 e. The van der Waals surface area contributed by atoms with Crippen LogP contribution in [0.25, 0.3) is 0 Å². The summed E-state index contributed by atoms with van der Waals surface area (Å²) in [6, 6.07) is 14.3. The fourth-order valence-corrected chi connectivity index (χ4v) is 3.69. The second-order valence-electron chi connectivity index (χ2n) is 7.18. The van der Waals surface area contributed by atoms with Gasteiger partial charge in [0, 0.05) is 39.1 Å². The van der Waals surface area contributed by atoms with Crippen LogP contribution in [0.3, 0.4) is 0 Å². The highest BCUT2D eigenvalue weighted by Gasteiger charge is 2.21. The highest BCUT2D eigenvalue weighted by Crippen LogP contribution is 2.38. The number of ether oxygens (including phenoxy) is 3. The number of nitrogens with zero attached hydrogens (tertiary/aromatic N) is 2. The molecule has 6 heteroatoms. The van der Waals surface area contributed by atoms with Crippen LogP contribution in [0, 0.1) is 0 Å². The first-order chi connectivity index (χ1) is 14.1. The average molecular weight is 399 g/mol. The zero-order chi connectivity index (χ0) is 20.6. The summed E-state index contributed by atoms with van der Waals surface area (Å²) < 4.78 is 16.2. The van der Waals surface area contributed by atoms with Gasteiger partial charge in [0.2, 0.25) is 11.7 Å². The summed E-state index contributed by atoms with van der Waals surface area (Å²) in [4.78, 5) is 17.1. The highest BCUT2D eigenvalue weighted by molar-refractivity contribution is 5.76. The molecular weight excluding hydrogens is 368 g/mol. The Hall–Kier alpha value is -2.73. The predicted molar refractivity (Wildman–Crippen MR) is 113 cm³/mol. The van der Waals surface area contributed by atoms with Gasteiger partial charge in [-0.25, -0.2) is 0 Å². The molecule has 0 N–H and O–H groups in total. The van der Waals surface area contributed by atoms with Crippen molar-refractivity contribution in [2.24, 2.45) is 0 Å². The number of carbonyl (C=O) groups excluding carboxylic acids is 1. The Bertz CT molecular complexity index is 777. The topological polar surface area (TPSA) is 51.2 Å². The molecule has 156 valence electrons. The molecule has 1 fully saturated rings. The van der Waals surface area contributed by atoms with E-state index >= 15 is 0 Å². The third kappa shape index (κ3) is 5.41. The van der Waals surface area contributed by atoms with Gasteiger partial charge < -0.3 is 19.1 Å². The fraction of sp³-hybridized carbons (Fsp3) is 0.435. The van der Waals surface area contributed by atoms with Crippen molar-refractivity contribution in [3.63, 3.8) is 0 Å². The van der Waals surface area contributed by atoms with Crippen LogP contribution in [-0.2, 0) is 17.8 Å². The monoisotopic (exact) mass is 398 g/mol. The van der Waals surface area contributed by atoms with E-state index in [0.717, 1.165) is 38.3 Å². The van der Waals surface area contributed by atoms with Crippen molar-refractivity contribution in [1.29, 1.82) is 0 Å². The van der Waals surface area contributed by atoms with E-state index in [-0.39, 0.29) is 5.91 Å². The maximum atomic E-state index is 12.7. The predicted octanol–water partition coefficient (Wildman–Crippen LogP) is 2.99. The van der Waals surface area contributed by atoms with Gasteiger partial charge in [0.15, 0.2) is 11.5 Å². The fourth-order valence-electron chi connectivity index (χ4n) is 3.69. The van der Waals surface area contributed by atoms with Crippen molar-refractivity contribution in [3.8, 4) is 17.2 Å². The Labute approximate surface area is 173 Å². The molecule has 3 rings (SSSR count). The van der Waals surface area contributed by atoms with Crippen LogP contribution in [0.5, 0.6) is 17.2 Å². The first-order valence-electron chi connectivity index (χ1n) is 9.97. The van der Waals surface area contributed by atoms with Gasteiger partial charge in [-0.3, -0.25) is 9.69 Å². The molecule has 0 unspecified atom stereocenters. The minimum absolute atomic E-state index is 0.193. The molecule has 0 spiro atoms. The highest BCUT2D eigenvalue weighted by atomic mass is 16.5. The van der Waals surface area contributed by atoms with Crippen LogP contribution in [0.1, 0.15) is 17.5 Å². The molecule has 1 amide bonds. The van der Waals surface area contributed by atoms with Crippen molar-refractivity contribution < 1.29 is 19.0 Å². The van der Waals surface area contributed by atoms with E-state index in [4.69, 9.17) is 14.2 Å². The lowest BCUT2D eigenvalue weighted by Crippen LogP contribution is -2.48. The number of hydrogen-bond donors (Lipinski definition) is 0. The third-order valence-electron chi connectivity index (χ3n) is 5.33. The molecule has 6 nitrogen and oxygen atoms in total. The zero-order valence-electron chi connectivity index (χ0n) is 17.5. The quantitative estimate of drug-likeness (QED) is 0.684. The average Bonchev–Trinajstić information content (AvgIpc) is 2.77. The second kappa shape index (κ2) is 10.2. The van der Waals surface area contributed by atoms with Crippen LogP contribution in [0.4, 0.5) is 0 Å². The number of aryl methyl sites for hydroxylation is 1. The Kier molecular flexibility index (Phi) is 7.36. The standard InChI is InChI=1S/C23H30N2O4/c1-27-20-15-19(16-21(28-2)23(20)29-3)9-10-22(26)25-13-11-24(12-14-25)17-18-7-5-4-6-8-18/h4-8,15-16H,9-14,17H2,1-3H3. The number of hydrogen-bond acceptors (Lipinski definition) is 5. The summed E-state index contributed by atoms with van der Waals surface area (Å²) in [5, 5.41) is 0.